The van der Waals surface area contributed by atoms with Gasteiger partial charge in [-0.25, -0.2) is 9.18 Å². The zero-order valence-corrected chi connectivity index (χ0v) is 18.7. The summed E-state index contributed by atoms with van der Waals surface area (Å²) in [4.78, 5) is 18.6. The number of rotatable bonds is 2. The van der Waals surface area contributed by atoms with Gasteiger partial charge in [-0.05, 0) is 66.1 Å². The number of H-pyrrole nitrogens is 1. The van der Waals surface area contributed by atoms with Crippen molar-refractivity contribution in [3.05, 3.63) is 98.9 Å². The smallest absolute Gasteiger partial charge is 0.322 e. The molecule has 156 valence electrons. The van der Waals surface area contributed by atoms with Crippen molar-refractivity contribution in [1.29, 1.82) is 0 Å². The normalized spacial score (nSPS) is 15.7. The van der Waals surface area contributed by atoms with Crippen molar-refractivity contribution in [2.24, 2.45) is 0 Å². The fourth-order valence-corrected chi connectivity index (χ4v) is 4.80. The first-order valence-corrected chi connectivity index (χ1v) is 11.1. The van der Waals surface area contributed by atoms with Crippen molar-refractivity contribution in [3.8, 4) is 0 Å². The lowest BCUT2D eigenvalue weighted by molar-refractivity contribution is 0.193. The molecule has 4 aromatic rings. The molecule has 0 bridgehead atoms. The predicted octanol–water partition coefficient (Wildman–Crippen LogP) is 6.90. The maximum Gasteiger partial charge on any atom is 0.322 e. The summed E-state index contributed by atoms with van der Waals surface area (Å²) in [7, 11) is 0. The monoisotopic (exact) mass is 497 g/mol. The minimum absolute atomic E-state index is 0.213. The Morgan fingerprint density at radius 3 is 2.71 bits per heavy atom. The van der Waals surface area contributed by atoms with E-state index in [-0.39, 0.29) is 17.9 Å². The van der Waals surface area contributed by atoms with Crippen LogP contribution in [0.3, 0.4) is 0 Å². The number of hydrogen-bond donors (Lipinski definition) is 2. The van der Waals surface area contributed by atoms with Gasteiger partial charge in [0, 0.05) is 38.3 Å². The Hall–Kier alpha value is -2.83. The molecule has 0 radical (unpaired) electrons. The van der Waals surface area contributed by atoms with E-state index in [2.05, 4.69) is 26.2 Å². The summed E-state index contributed by atoms with van der Waals surface area (Å²) in [5, 5.41) is 4.71. The van der Waals surface area contributed by atoms with E-state index < -0.39 is 0 Å². The van der Waals surface area contributed by atoms with Gasteiger partial charge in [-0.2, -0.15) is 0 Å². The third-order valence-electron chi connectivity index (χ3n) is 5.61. The average Bonchev–Trinajstić information content (AvgIpc) is 3.11. The lowest BCUT2D eigenvalue weighted by Gasteiger charge is -2.36. The number of hydrogen-bond acceptors (Lipinski definition) is 1. The Kier molecular flexibility index (Phi) is 5.20. The van der Waals surface area contributed by atoms with E-state index >= 15 is 0 Å². The Labute approximate surface area is 192 Å². The van der Waals surface area contributed by atoms with E-state index in [0.717, 1.165) is 32.2 Å². The summed E-state index contributed by atoms with van der Waals surface area (Å²) in [5.41, 5.74) is 4.57. The minimum atomic E-state index is -0.373. The molecular weight excluding hydrogens is 481 g/mol. The molecule has 0 spiro atoms. The Bertz CT molecular complexity index is 1290. The molecule has 1 aliphatic heterocycles. The van der Waals surface area contributed by atoms with E-state index in [9.17, 15) is 9.18 Å². The highest BCUT2D eigenvalue weighted by atomic mass is 79.9. The number of carbonyl (C=O) groups excluding carboxylic acids is 1. The number of benzene rings is 3. The summed E-state index contributed by atoms with van der Waals surface area (Å²) in [6.45, 7) is 0.522. The van der Waals surface area contributed by atoms with Crippen LogP contribution in [0.25, 0.3) is 10.9 Å². The SMILES string of the molecule is O=C(Nc1cccc(Br)c1)N1CCc2c([nH]c3ccc(Cl)cc23)[C@H]1c1ccc(F)cc1. The third kappa shape index (κ3) is 3.82. The van der Waals surface area contributed by atoms with E-state index in [0.29, 0.717) is 23.7 Å². The molecule has 2 N–H and O–H groups in total. The van der Waals surface area contributed by atoms with Crippen LogP contribution in [0, 0.1) is 5.82 Å². The maximum atomic E-state index is 13.6. The van der Waals surface area contributed by atoms with Gasteiger partial charge in [0.1, 0.15) is 5.82 Å². The van der Waals surface area contributed by atoms with Crippen LogP contribution in [0.2, 0.25) is 5.02 Å². The van der Waals surface area contributed by atoms with Gasteiger partial charge in [0.05, 0.1) is 6.04 Å². The maximum absolute atomic E-state index is 13.6. The topological polar surface area (TPSA) is 48.1 Å². The average molecular weight is 499 g/mol. The second-order valence-corrected chi connectivity index (χ2v) is 8.90. The number of aromatic nitrogens is 1. The predicted molar refractivity (Wildman–Crippen MR) is 125 cm³/mol. The van der Waals surface area contributed by atoms with Crippen molar-refractivity contribution < 1.29 is 9.18 Å². The first kappa shape index (κ1) is 20.1. The molecule has 1 aliphatic rings. The number of nitrogens with one attached hydrogen (secondary N) is 2. The van der Waals surface area contributed by atoms with Crippen LogP contribution in [-0.4, -0.2) is 22.5 Å². The van der Waals surface area contributed by atoms with Crippen LogP contribution in [0.4, 0.5) is 14.9 Å². The first-order chi connectivity index (χ1) is 15.0. The zero-order valence-electron chi connectivity index (χ0n) is 16.3. The molecule has 2 heterocycles. The fourth-order valence-electron chi connectivity index (χ4n) is 4.23. The summed E-state index contributed by atoms with van der Waals surface area (Å²) in [6, 6.07) is 18.9. The Balaban J connectivity index is 1.59. The summed E-state index contributed by atoms with van der Waals surface area (Å²) < 4.78 is 14.5. The van der Waals surface area contributed by atoms with Gasteiger partial charge in [-0.15, -0.1) is 0 Å². The molecule has 7 heteroatoms. The molecule has 31 heavy (non-hydrogen) atoms. The lowest BCUT2D eigenvalue weighted by atomic mass is 9.92. The van der Waals surface area contributed by atoms with Crippen LogP contribution in [0.1, 0.15) is 22.9 Å². The number of aromatic amines is 1. The van der Waals surface area contributed by atoms with Crippen molar-refractivity contribution in [2.45, 2.75) is 12.5 Å². The van der Waals surface area contributed by atoms with Crippen LogP contribution in [0.5, 0.6) is 0 Å². The van der Waals surface area contributed by atoms with E-state index in [1.54, 1.807) is 17.0 Å². The molecule has 4 nitrogen and oxygen atoms in total. The van der Waals surface area contributed by atoms with Crippen LogP contribution in [-0.2, 0) is 6.42 Å². The molecule has 1 atom stereocenters. The van der Waals surface area contributed by atoms with Crippen molar-refractivity contribution >= 4 is 50.2 Å². The fraction of sp³-hybridized carbons (Fsp3) is 0.125. The van der Waals surface area contributed by atoms with Gasteiger partial charge in [0.25, 0.3) is 0 Å². The van der Waals surface area contributed by atoms with Crippen molar-refractivity contribution in [3.63, 3.8) is 0 Å². The Morgan fingerprint density at radius 2 is 1.94 bits per heavy atom. The van der Waals surface area contributed by atoms with Crippen LogP contribution >= 0.6 is 27.5 Å². The van der Waals surface area contributed by atoms with Gasteiger partial charge in [-0.1, -0.05) is 45.7 Å². The number of urea groups is 1. The molecule has 0 fully saturated rings. The van der Waals surface area contributed by atoms with Gasteiger partial charge in [0.15, 0.2) is 0 Å². The van der Waals surface area contributed by atoms with Gasteiger partial charge < -0.3 is 15.2 Å². The molecule has 3 aromatic carbocycles. The number of amides is 2. The molecular formula is C24H18BrClFN3O. The molecule has 0 saturated heterocycles. The molecule has 2 amide bonds. The molecule has 0 saturated carbocycles. The van der Waals surface area contributed by atoms with Crippen molar-refractivity contribution in [2.75, 3.05) is 11.9 Å². The highest BCUT2D eigenvalue weighted by Gasteiger charge is 2.34. The number of anilines is 1. The van der Waals surface area contributed by atoms with E-state index in [4.69, 9.17) is 11.6 Å². The standard InChI is InChI=1S/C24H18BrClFN3O/c25-15-2-1-3-18(12-15)28-24(31)30-11-10-19-20-13-16(26)6-9-21(20)29-22(19)23(30)14-4-7-17(27)8-5-14/h1-9,12-13,23,29H,10-11H2,(H,28,31)/t23-/m1/s1. The number of carbonyl (C=O) groups is 1. The third-order valence-corrected chi connectivity index (χ3v) is 6.34. The number of halogens is 3. The van der Waals surface area contributed by atoms with E-state index in [1.807, 2.05) is 42.5 Å². The zero-order chi connectivity index (χ0) is 21.5. The summed E-state index contributed by atoms with van der Waals surface area (Å²) >= 11 is 9.67. The quantitative estimate of drug-likeness (QED) is 0.310. The number of nitrogens with zero attached hydrogens (tertiary/aromatic N) is 1. The first-order valence-electron chi connectivity index (χ1n) is 9.88. The van der Waals surface area contributed by atoms with Crippen molar-refractivity contribution in [1.82, 2.24) is 9.88 Å². The second-order valence-electron chi connectivity index (χ2n) is 7.55. The van der Waals surface area contributed by atoms with Gasteiger partial charge >= 0.3 is 6.03 Å². The van der Waals surface area contributed by atoms with Crippen LogP contribution in [0.15, 0.2) is 71.2 Å². The summed E-state index contributed by atoms with van der Waals surface area (Å²) in [5.74, 6) is -0.312. The lowest BCUT2D eigenvalue weighted by Crippen LogP contribution is -2.43. The molecule has 0 aliphatic carbocycles. The molecule has 1 aromatic heterocycles. The Morgan fingerprint density at radius 1 is 1.13 bits per heavy atom. The van der Waals surface area contributed by atoms with Crippen LogP contribution < -0.4 is 5.32 Å². The number of fused-ring (bicyclic) bond motifs is 3. The second kappa shape index (κ2) is 8.02. The van der Waals surface area contributed by atoms with Gasteiger partial charge in [0.2, 0.25) is 0 Å². The highest BCUT2D eigenvalue weighted by molar-refractivity contribution is 9.10. The largest absolute Gasteiger partial charge is 0.356 e. The molecule has 0 unspecified atom stereocenters. The highest BCUT2D eigenvalue weighted by Crippen LogP contribution is 2.39. The minimum Gasteiger partial charge on any atom is -0.356 e. The summed E-state index contributed by atoms with van der Waals surface area (Å²) in [6.07, 6.45) is 0.694. The molecule has 5 rings (SSSR count). The van der Waals surface area contributed by atoms with E-state index in [1.165, 1.54) is 12.1 Å². The van der Waals surface area contributed by atoms with Gasteiger partial charge in [-0.3, -0.25) is 0 Å².